The molecule has 0 unspecified atom stereocenters. The summed E-state index contributed by atoms with van der Waals surface area (Å²) in [6.45, 7) is 2.90. The zero-order chi connectivity index (χ0) is 12.3. The largest absolute Gasteiger partial charge is 0.394 e. The molecule has 1 amide bonds. The molecule has 1 aliphatic rings. The van der Waals surface area contributed by atoms with Gasteiger partial charge in [-0.1, -0.05) is 29.8 Å². The number of hydrogen-bond donors (Lipinski definition) is 1. The van der Waals surface area contributed by atoms with Crippen molar-refractivity contribution in [3.05, 3.63) is 35.4 Å². The Labute approximate surface area is 102 Å². The van der Waals surface area contributed by atoms with E-state index in [1.54, 1.807) is 0 Å². The van der Waals surface area contributed by atoms with Gasteiger partial charge in [-0.15, -0.1) is 0 Å². The number of hydrogen-bond acceptors (Lipinski definition) is 2. The van der Waals surface area contributed by atoms with Crippen LogP contribution in [0.15, 0.2) is 24.3 Å². The fourth-order valence-corrected chi connectivity index (χ4v) is 2.45. The Morgan fingerprint density at radius 2 is 2.35 bits per heavy atom. The highest BCUT2D eigenvalue weighted by Gasteiger charge is 2.27. The van der Waals surface area contributed by atoms with Crippen LogP contribution >= 0.6 is 0 Å². The quantitative estimate of drug-likeness (QED) is 0.860. The summed E-state index contributed by atoms with van der Waals surface area (Å²) >= 11 is 0. The van der Waals surface area contributed by atoms with E-state index in [-0.39, 0.29) is 18.6 Å². The molecule has 0 spiro atoms. The zero-order valence-corrected chi connectivity index (χ0v) is 10.2. The Morgan fingerprint density at radius 1 is 1.53 bits per heavy atom. The van der Waals surface area contributed by atoms with Gasteiger partial charge < -0.3 is 10.0 Å². The summed E-state index contributed by atoms with van der Waals surface area (Å²) in [6, 6.07) is 8.06. The minimum atomic E-state index is 0.0345. The van der Waals surface area contributed by atoms with Gasteiger partial charge in [-0.25, -0.2) is 0 Å². The number of aryl methyl sites for hydroxylation is 1. The lowest BCUT2D eigenvalue weighted by Crippen LogP contribution is -2.38. The average molecular weight is 233 g/mol. The van der Waals surface area contributed by atoms with Gasteiger partial charge in [0.2, 0.25) is 5.91 Å². The van der Waals surface area contributed by atoms with Crippen molar-refractivity contribution in [2.45, 2.75) is 32.2 Å². The third-order valence-electron chi connectivity index (χ3n) is 3.35. The average Bonchev–Trinajstić information content (AvgIpc) is 2.77. The number of likely N-dealkylation sites (tertiary alicyclic amines) is 1. The third-order valence-corrected chi connectivity index (χ3v) is 3.35. The molecule has 1 atom stereocenters. The molecule has 0 saturated carbocycles. The Morgan fingerprint density at radius 3 is 3.06 bits per heavy atom. The van der Waals surface area contributed by atoms with E-state index in [1.165, 1.54) is 5.56 Å². The van der Waals surface area contributed by atoms with Crippen molar-refractivity contribution in [3.63, 3.8) is 0 Å². The second kappa shape index (κ2) is 5.32. The van der Waals surface area contributed by atoms with Crippen LogP contribution in [0.3, 0.4) is 0 Å². The number of nitrogens with zero attached hydrogens (tertiary/aromatic N) is 1. The molecular formula is C14H19NO2. The fraction of sp³-hybridized carbons (Fsp3) is 0.500. The van der Waals surface area contributed by atoms with Crippen LogP contribution in [-0.2, 0) is 11.2 Å². The molecule has 1 aromatic carbocycles. The summed E-state index contributed by atoms with van der Waals surface area (Å²) in [4.78, 5) is 13.9. The van der Waals surface area contributed by atoms with E-state index in [2.05, 4.69) is 0 Å². The molecule has 1 saturated heterocycles. The van der Waals surface area contributed by atoms with Crippen molar-refractivity contribution in [1.82, 2.24) is 4.90 Å². The second-order valence-electron chi connectivity index (χ2n) is 4.73. The highest BCUT2D eigenvalue weighted by Crippen LogP contribution is 2.18. The molecule has 3 heteroatoms. The van der Waals surface area contributed by atoms with Crippen LogP contribution in [0.2, 0.25) is 0 Å². The van der Waals surface area contributed by atoms with E-state index < -0.39 is 0 Å². The van der Waals surface area contributed by atoms with Gasteiger partial charge in [0.25, 0.3) is 0 Å². The number of rotatable bonds is 3. The highest BCUT2D eigenvalue weighted by atomic mass is 16.3. The minimum Gasteiger partial charge on any atom is -0.394 e. The molecule has 3 nitrogen and oxygen atoms in total. The van der Waals surface area contributed by atoms with Crippen LogP contribution in [0.25, 0.3) is 0 Å². The number of aliphatic hydroxyl groups excluding tert-OH is 1. The normalized spacial score (nSPS) is 19.6. The van der Waals surface area contributed by atoms with Crippen LogP contribution in [0, 0.1) is 6.92 Å². The van der Waals surface area contributed by atoms with E-state index >= 15 is 0 Å². The first kappa shape index (κ1) is 12.1. The van der Waals surface area contributed by atoms with Gasteiger partial charge in [0.05, 0.1) is 19.1 Å². The van der Waals surface area contributed by atoms with Gasteiger partial charge in [-0.2, -0.15) is 0 Å². The van der Waals surface area contributed by atoms with E-state index in [4.69, 9.17) is 0 Å². The maximum Gasteiger partial charge on any atom is 0.227 e. The zero-order valence-electron chi connectivity index (χ0n) is 10.2. The number of carbonyl (C=O) groups is 1. The summed E-state index contributed by atoms with van der Waals surface area (Å²) in [5.41, 5.74) is 2.23. The maximum absolute atomic E-state index is 12.1. The standard InChI is InChI=1S/C14H19NO2/c1-11-4-2-5-12(8-11)9-14(17)15-7-3-6-13(15)10-16/h2,4-5,8,13,16H,3,6-7,9-10H2,1H3/t13-/m1/s1. The highest BCUT2D eigenvalue weighted by molar-refractivity contribution is 5.79. The monoisotopic (exact) mass is 233 g/mol. The lowest BCUT2D eigenvalue weighted by molar-refractivity contribution is -0.131. The Kier molecular flexibility index (Phi) is 3.79. The van der Waals surface area contributed by atoms with Crippen LogP contribution in [0.4, 0.5) is 0 Å². The third kappa shape index (κ3) is 2.86. The van der Waals surface area contributed by atoms with Gasteiger partial charge in [-0.3, -0.25) is 4.79 Å². The first-order chi connectivity index (χ1) is 8.20. The van der Waals surface area contributed by atoms with Gasteiger partial charge in [0.15, 0.2) is 0 Å². The van der Waals surface area contributed by atoms with Crippen molar-refractivity contribution in [2.75, 3.05) is 13.2 Å². The van der Waals surface area contributed by atoms with E-state index in [0.29, 0.717) is 6.42 Å². The van der Waals surface area contributed by atoms with Gasteiger partial charge in [-0.05, 0) is 25.3 Å². The van der Waals surface area contributed by atoms with Gasteiger partial charge in [0, 0.05) is 6.54 Å². The number of carbonyl (C=O) groups excluding carboxylic acids is 1. The van der Waals surface area contributed by atoms with Crippen LogP contribution < -0.4 is 0 Å². The molecule has 0 bridgehead atoms. The summed E-state index contributed by atoms with van der Waals surface area (Å²) in [6.07, 6.45) is 2.37. The molecular weight excluding hydrogens is 214 g/mol. The van der Waals surface area contributed by atoms with Crippen molar-refractivity contribution in [2.24, 2.45) is 0 Å². The molecule has 0 radical (unpaired) electrons. The smallest absolute Gasteiger partial charge is 0.227 e. The topological polar surface area (TPSA) is 40.5 Å². The number of benzene rings is 1. The van der Waals surface area contributed by atoms with Crippen molar-refractivity contribution < 1.29 is 9.90 Å². The second-order valence-corrected chi connectivity index (χ2v) is 4.73. The number of aliphatic hydroxyl groups is 1. The predicted molar refractivity (Wildman–Crippen MR) is 66.7 cm³/mol. The van der Waals surface area contributed by atoms with Crippen molar-refractivity contribution in [3.8, 4) is 0 Å². The van der Waals surface area contributed by atoms with Crippen molar-refractivity contribution in [1.29, 1.82) is 0 Å². The maximum atomic E-state index is 12.1. The molecule has 1 fully saturated rings. The molecule has 0 aliphatic carbocycles. The molecule has 1 aromatic rings. The first-order valence-electron chi connectivity index (χ1n) is 6.16. The molecule has 1 heterocycles. The summed E-state index contributed by atoms with van der Waals surface area (Å²) in [5, 5.41) is 9.20. The molecule has 17 heavy (non-hydrogen) atoms. The van der Waals surface area contributed by atoms with Gasteiger partial charge >= 0.3 is 0 Å². The minimum absolute atomic E-state index is 0.0345. The van der Waals surface area contributed by atoms with E-state index in [0.717, 1.165) is 24.9 Å². The van der Waals surface area contributed by atoms with Gasteiger partial charge in [0.1, 0.15) is 0 Å². The molecule has 1 N–H and O–H groups in total. The SMILES string of the molecule is Cc1cccc(CC(=O)N2CCC[C@@H]2CO)c1. The lowest BCUT2D eigenvalue weighted by atomic mass is 10.1. The van der Waals surface area contributed by atoms with E-state index in [1.807, 2.05) is 36.1 Å². The summed E-state index contributed by atoms with van der Waals surface area (Å²) in [5.74, 6) is 0.132. The van der Waals surface area contributed by atoms with Crippen LogP contribution in [-0.4, -0.2) is 35.1 Å². The fourth-order valence-electron chi connectivity index (χ4n) is 2.45. The van der Waals surface area contributed by atoms with E-state index in [9.17, 15) is 9.90 Å². The molecule has 2 rings (SSSR count). The lowest BCUT2D eigenvalue weighted by Gasteiger charge is -2.23. The molecule has 0 aromatic heterocycles. The Bertz CT molecular complexity index is 403. The van der Waals surface area contributed by atoms with Crippen molar-refractivity contribution >= 4 is 5.91 Å². The predicted octanol–water partition coefficient (Wildman–Crippen LogP) is 1.52. The number of amides is 1. The molecule has 1 aliphatic heterocycles. The summed E-state index contributed by atoms with van der Waals surface area (Å²) < 4.78 is 0. The summed E-state index contributed by atoms with van der Waals surface area (Å²) in [7, 11) is 0. The Balaban J connectivity index is 2.01. The molecule has 92 valence electrons. The first-order valence-corrected chi connectivity index (χ1v) is 6.16. The van der Waals surface area contributed by atoms with Crippen LogP contribution in [0.1, 0.15) is 24.0 Å². The van der Waals surface area contributed by atoms with Crippen LogP contribution in [0.5, 0.6) is 0 Å². The Hall–Kier alpha value is -1.35.